The Morgan fingerprint density at radius 3 is 1.44 bits per heavy atom. The van der Waals surface area contributed by atoms with E-state index in [1.54, 1.807) is 12.2 Å². The predicted octanol–water partition coefficient (Wildman–Crippen LogP) is 2.93. The summed E-state index contributed by atoms with van der Waals surface area (Å²) in [5.74, 6) is 0.556. The van der Waals surface area contributed by atoms with Crippen molar-refractivity contribution in [1.29, 1.82) is 0 Å². The fourth-order valence-corrected chi connectivity index (χ4v) is 0. The van der Waals surface area contributed by atoms with Gasteiger partial charge < -0.3 is 12.3 Å². The first-order chi connectivity index (χ1) is 3.33. The van der Waals surface area contributed by atoms with Crippen LogP contribution >= 0.6 is 11.6 Å². The summed E-state index contributed by atoms with van der Waals surface area (Å²) in [5, 5.41) is 0. The number of hydrogen-bond donors (Lipinski definition) is 2. The first-order valence-corrected chi connectivity index (χ1v) is 2.60. The minimum Gasteiger partial charge on any atom is -0.344 e. The molecule has 0 heterocycles. The fourth-order valence-electron chi connectivity index (χ4n) is 0. The van der Waals surface area contributed by atoms with Crippen molar-refractivity contribution >= 4 is 11.6 Å². The van der Waals surface area contributed by atoms with Gasteiger partial charge in [0.05, 0.1) is 0 Å². The van der Waals surface area contributed by atoms with Gasteiger partial charge in [-0.05, 0) is 6.92 Å². The highest BCUT2D eigenvalue weighted by atomic mass is 35.5. The second-order valence-electron chi connectivity index (χ2n) is 0.851. The quantitative estimate of drug-likeness (QED) is 0.448. The molecule has 0 radical (unpaired) electrons. The molecule has 0 aliphatic carbocycles. The van der Waals surface area contributed by atoms with Gasteiger partial charge in [0, 0.05) is 5.88 Å². The Hall–Kier alpha value is -0.310. The molecule has 0 fully saturated rings. The highest BCUT2D eigenvalue weighted by molar-refractivity contribution is 6.18. The van der Waals surface area contributed by atoms with E-state index >= 15 is 0 Å². The Kier molecular flexibility index (Phi) is 123. The Labute approximate surface area is 62.8 Å². The smallest absolute Gasteiger partial charge is 0.0401 e. The lowest BCUT2D eigenvalue weighted by Crippen LogP contribution is -1.45. The third kappa shape index (κ3) is 523. The third-order valence-corrected chi connectivity index (χ3v) is 0.327. The average molecular weight is 153 g/mol. The summed E-state index contributed by atoms with van der Waals surface area (Å²) < 4.78 is 0. The zero-order valence-corrected chi connectivity index (χ0v) is 6.82. The highest BCUT2D eigenvalue weighted by Crippen LogP contribution is 1.67. The SMILES string of the molecule is C=CC.C=CCCl.N.N. The van der Waals surface area contributed by atoms with Crippen LogP contribution in [0.5, 0.6) is 0 Å². The zero-order valence-electron chi connectivity index (χ0n) is 6.07. The van der Waals surface area contributed by atoms with Crippen molar-refractivity contribution in [1.82, 2.24) is 12.3 Å². The number of rotatable bonds is 1. The zero-order chi connectivity index (χ0) is 6.12. The molecule has 0 rings (SSSR count). The van der Waals surface area contributed by atoms with E-state index < -0.39 is 0 Å². The minimum absolute atomic E-state index is 0. The summed E-state index contributed by atoms with van der Waals surface area (Å²) in [6.07, 6.45) is 3.39. The summed E-state index contributed by atoms with van der Waals surface area (Å²) in [7, 11) is 0. The number of hydrogen-bond acceptors (Lipinski definition) is 2. The summed E-state index contributed by atoms with van der Waals surface area (Å²) in [4.78, 5) is 0. The second-order valence-corrected chi connectivity index (χ2v) is 1.16. The van der Waals surface area contributed by atoms with Crippen molar-refractivity contribution < 1.29 is 0 Å². The summed E-state index contributed by atoms with van der Waals surface area (Å²) in [6, 6.07) is 0. The van der Waals surface area contributed by atoms with Crippen molar-refractivity contribution in [3.8, 4) is 0 Å². The molecule has 0 aliphatic rings. The maximum atomic E-state index is 5.07. The van der Waals surface area contributed by atoms with Gasteiger partial charge in [-0.2, -0.15) is 0 Å². The van der Waals surface area contributed by atoms with Gasteiger partial charge in [0.25, 0.3) is 0 Å². The molecule has 6 N–H and O–H groups in total. The minimum atomic E-state index is 0. The van der Waals surface area contributed by atoms with Crippen LogP contribution in [0.4, 0.5) is 0 Å². The molecule has 0 amide bonds. The third-order valence-electron chi connectivity index (χ3n) is 0.109. The normalized spacial score (nSPS) is 4.22. The molecule has 2 nitrogen and oxygen atoms in total. The monoisotopic (exact) mass is 152 g/mol. The number of alkyl halides is 1. The van der Waals surface area contributed by atoms with Crippen molar-refractivity contribution in [2.24, 2.45) is 0 Å². The highest BCUT2D eigenvalue weighted by Gasteiger charge is 1.48. The maximum absolute atomic E-state index is 5.07. The average Bonchev–Trinajstić information content (AvgIpc) is 1.69. The first kappa shape index (κ1) is 23.4. The Morgan fingerprint density at radius 2 is 1.44 bits per heavy atom. The molecule has 0 atom stereocenters. The molecule has 0 spiro atoms. The van der Waals surface area contributed by atoms with Crippen LogP contribution in [0.25, 0.3) is 0 Å². The fraction of sp³-hybridized carbons (Fsp3) is 0.333. The molecule has 0 saturated carbocycles. The second kappa shape index (κ2) is 47.6. The van der Waals surface area contributed by atoms with Crippen LogP contribution in [0.2, 0.25) is 0 Å². The van der Waals surface area contributed by atoms with E-state index in [2.05, 4.69) is 13.2 Å². The molecule has 58 valence electrons. The molecular weight excluding hydrogens is 136 g/mol. The van der Waals surface area contributed by atoms with Crippen LogP contribution in [-0.4, -0.2) is 5.88 Å². The van der Waals surface area contributed by atoms with E-state index in [4.69, 9.17) is 11.6 Å². The number of allylic oxidation sites excluding steroid dienone is 2. The molecule has 0 aromatic heterocycles. The van der Waals surface area contributed by atoms with Crippen LogP contribution in [0.15, 0.2) is 25.3 Å². The van der Waals surface area contributed by atoms with Crippen molar-refractivity contribution in [3.05, 3.63) is 25.3 Å². The standard InChI is InChI=1S/C3H5Cl.C3H6.2H3N/c1-2-3-4;1-3-2;;/h2H,1,3H2;3H,1H2,2H3;2*1H3. The molecule has 9 heavy (non-hydrogen) atoms. The van der Waals surface area contributed by atoms with Gasteiger partial charge in [0.15, 0.2) is 0 Å². The van der Waals surface area contributed by atoms with E-state index in [0.29, 0.717) is 5.88 Å². The van der Waals surface area contributed by atoms with Gasteiger partial charge in [0.2, 0.25) is 0 Å². The van der Waals surface area contributed by atoms with Crippen molar-refractivity contribution in [3.63, 3.8) is 0 Å². The van der Waals surface area contributed by atoms with Crippen LogP contribution in [-0.2, 0) is 0 Å². The Morgan fingerprint density at radius 1 is 1.33 bits per heavy atom. The van der Waals surface area contributed by atoms with Crippen LogP contribution in [0.1, 0.15) is 6.92 Å². The van der Waals surface area contributed by atoms with Crippen LogP contribution in [0, 0.1) is 0 Å². The lowest BCUT2D eigenvalue weighted by Gasteiger charge is -1.55. The molecule has 0 aromatic carbocycles. The molecule has 0 saturated heterocycles. The summed E-state index contributed by atoms with van der Waals surface area (Å²) in [6.45, 7) is 8.60. The molecule has 0 aromatic rings. The molecule has 0 aliphatic heterocycles. The topological polar surface area (TPSA) is 70.0 Å². The van der Waals surface area contributed by atoms with E-state index in [1.165, 1.54) is 0 Å². The van der Waals surface area contributed by atoms with Crippen molar-refractivity contribution in [2.75, 3.05) is 5.88 Å². The van der Waals surface area contributed by atoms with Crippen molar-refractivity contribution in [2.45, 2.75) is 6.92 Å². The Bertz CT molecular complexity index is 46.3. The van der Waals surface area contributed by atoms with Gasteiger partial charge in [-0.3, -0.25) is 0 Å². The first-order valence-electron chi connectivity index (χ1n) is 2.07. The van der Waals surface area contributed by atoms with Gasteiger partial charge in [-0.25, -0.2) is 0 Å². The van der Waals surface area contributed by atoms with Gasteiger partial charge >= 0.3 is 0 Å². The van der Waals surface area contributed by atoms with E-state index in [-0.39, 0.29) is 12.3 Å². The van der Waals surface area contributed by atoms with E-state index in [1.807, 2.05) is 6.92 Å². The van der Waals surface area contributed by atoms with Gasteiger partial charge in [-0.1, -0.05) is 12.2 Å². The molecule has 0 bridgehead atoms. The molecule has 0 unspecified atom stereocenters. The summed E-state index contributed by atoms with van der Waals surface area (Å²) in [5.41, 5.74) is 0. The van der Waals surface area contributed by atoms with Crippen LogP contribution in [0.3, 0.4) is 0 Å². The van der Waals surface area contributed by atoms with Gasteiger partial charge in [-0.15, -0.1) is 24.8 Å². The van der Waals surface area contributed by atoms with Crippen LogP contribution < -0.4 is 12.3 Å². The van der Waals surface area contributed by atoms with E-state index in [0.717, 1.165) is 0 Å². The largest absolute Gasteiger partial charge is 0.344 e. The molecular formula is C6H17ClN2. The molecule has 3 heteroatoms. The Balaban J connectivity index is -0.0000000233. The summed E-state index contributed by atoms with van der Waals surface area (Å²) >= 11 is 5.07. The van der Waals surface area contributed by atoms with E-state index in [9.17, 15) is 0 Å². The number of halogens is 1. The maximum Gasteiger partial charge on any atom is 0.0401 e. The predicted molar refractivity (Wildman–Crippen MR) is 46.8 cm³/mol. The lowest BCUT2D eigenvalue weighted by atomic mass is 10.8. The van der Waals surface area contributed by atoms with Gasteiger partial charge in [0.1, 0.15) is 0 Å². The lowest BCUT2D eigenvalue weighted by molar-refractivity contribution is 1.80.